The predicted molar refractivity (Wildman–Crippen MR) is 114 cm³/mol. The van der Waals surface area contributed by atoms with Crippen LogP contribution >= 0.6 is 0 Å². The fourth-order valence-corrected chi connectivity index (χ4v) is 4.43. The van der Waals surface area contributed by atoms with Crippen molar-refractivity contribution >= 4 is 16.7 Å². The first-order valence-electron chi connectivity index (χ1n) is 10.2. The topological polar surface area (TPSA) is 73.4 Å². The summed E-state index contributed by atoms with van der Waals surface area (Å²) in [6, 6.07) is 16.6. The van der Waals surface area contributed by atoms with Crippen molar-refractivity contribution in [3.8, 4) is 5.75 Å². The Labute approximate surface area is 171 Å². The van der Waals surface area contributed by atoms with Gasteiger partial charge in [-0.25, -0.2) is 0 Å². The molecule has 0 spiro atoms. The molecule has 2 heterocycles. The van der Waals surface area contributed by atoms with E-state index in [0.717, 1.165) is 31.8 Å². The number of fused-ring (bicyclic) bond motifs is 1. The number of nitrogens with two attached hydrogens (primary N) is 1. The zero-order chi connectivity index (χ0) is 20.2. The number of aromatic nitrogens is 2. The Morgan fingerprint density at radius 3 is 2.76 bits per heavy atom. The normalized spacial score (nSPS) is 19.6. The van der Waals surface area contributed by atoms with E-state index in [1.165, 1.54) is 16.5 Å². The number of nitrogens with zero attached hydrogens (tertiary/aromatic N) is 3. The number of likely N-dealkylation sites (tertiary alicyclic amines) is 1. The second-order valence-corrected chi connectivity index (χ2v) is 7.89. The highest BCUT2D eigenvalue weighted by molar-refractivity contribution is 5.83. The van der Waals surface area contributed by atoms with Crippen molar-refractivity contribution in [2.75, 3.05) is 26.2 Å². The molecule has 4 rings (SSSR count). The highest BCUT2D eigenvalue weighted by atomic mass is 16.5. The maximum absolute atomic E-state index is 11.5. The summed E-state index contributed by atoms with van der Waals surface area (Å²) in [6.45, 7) is 3.42. The number of carbonyl (C=O) groups excluding carboxylic acids is 1. The summed E-state index contributed by atoms with van der Waals surface area (Å²) in [5.41, 5.74) is 6.67. The van der Waals surface area contributed by atoms with Crippen molar-refractivity contribution in [2.24, 2.45) is 18.7 Å². The van der Waals surface area contributed by atoms with Gasteiger partial charge in [-0.15, -0.1) is 0 Å². The van der Waals surface area contributed by atoms with E-state index < -0.39 is 0 Å². The van der Waals surface area contributed by atoms with Gasteiger partial charge in [0.05, 0.1) is 6.61 Å². The molecule has 1 aromatic heterocycles. The molecule has 2 aromatic carbocycles. The lowest BCUT2D eigenvalue weighted by Gasteiger charge is -2.17. The number of benzene rings is 2. The molecule has 1 amide bonds. The third kappa shape index (κ3) is 4.59. The van der Waals surface area contributed by atoms with Gasteiger partial charge in [-0.3, -0.25) is 9.48 Å². The number of hydrogen-bond acceptors (Lipinski definition) is 4. The lowest BCUT2D eigenvalue weighted by atomic mass is 9.90. The van der Waals surface area contributed by atoms with Crippen LogP contribution in [0.1, 0.15) is 24.5 Å². The molecule has 0 bridgehead atoms. The summed E-state index contributed by atoms with van der Waals surface area (Å²) < 4.78 is 7.88. The molecule has 6 heteroatoms. The number of ether oxygens (including phenoxy) is 1. The van der Waals surface area contributed by atoms with Gasteiger partial charge in [0.1, 0.15) is 5.75 Å². The maximum Gasteiger partial charge on any atom is 0.217 e. The molecule has 1 aliphatic rings. The molecular weight excluding hydrogens is 364 g/mol. The van der Waals surface area contributed by atoms with E-state index in [2.05, 4.69) is 34.3 Å². The maximum atomic E-state index is 11.5. The van der Waals surface area contributed by atoms with Crippen LogP contribution in [-0.4, -0.2) is 46.8 Å². The number of rotatable bonds is 8. The van der Waals surface area contributed by atoms with Crippen LogP contribution in [-0.2, 0) is 11.8 Å². The Hall–Kier alpha value is -2.86. The largest absolute Gasteiger partial charge is 0.494 e. The molecule has 1 saturated heterocycles. The van der Waals surface area contributed by atoms with Gasteiger partial charge in [-0.2, -0.15) is 5.10 Å². The fourth-order valence-electron chi connectivity index (χ4n) is 4.43. The Morgan fingerprint density at radius 2 is 2.00 bits per heavy atom. The summed E-state index contributed by atoms with van der Waals surface area (Å²) in [4.78, 5) is 13.9. The molecule has 1 aliphatic heterocycles. The number of aryl methyl sites for hydroxylation is 1. The third-order valence-corrected chi connectivity index (χ3v) is 5.83. The molecule has 0 radical (unpaired) electrons. The Morgan fingerprint density at radius 1 is 1.17 bits per heavy atom. The van der Waals surface area contributed by atoms with Crippen molar-refractivity contribution in [1.29, 1.82) is 0 Å². The molecule has 0 saturated carbocycles. The Kier molecular flexibility index (Phi) is 5.81. The van der Waals surface area contributed by atoms with Crippen LogP contribution in [0.25, 0.3) is 10.8 Å². The Balaban J connectivity index is 1.31. The average Bonchev–Trinajstić information content (AvgIpc) is 3.30. The minimum atomic E-state index is -0.233. The molecule has 0 unspecified atom stereocenters. The van der Waals surface area contributed by atoms with E-state index >= 15 is 0 Å². The van der Waals surface area contributed by atoms with Gasteiger partial charge in [0.15, 0.2) is 0 Å². The third-order valence-electron chi connectivity index (χ3n) is 5.83. The molecule has 29 heavy (non-hydrogen) atoms. The van der Waals surface area contributed by atoms with Crippen LogP contribution in [0, 0.1) is 5.92 Å². The predicted octanol–water partition coefficient (Wildman–Crippen LogP) is 2.93. The Bertz CT molecular complexity index is 984. The highest BCUT2D eigenvalue weighted by Crippen LogP contribution is 2.34. The van der Waals surface area contributed by atoms with Crippen LogP contribution < -0.4 is 10.5 Å². The van der Waals surface area contributed by atoms with Crippen LogP contribution in [0.4, 0.5) is 0 Å². The molecule has 2 atom stereocenters. The van der Waals surface area contributed by atoms with Crippen LogP contribution in [0.15, 0.2) is 54.7 Å². The van der Waals surface area contributed by atoms with Crippen LogP contribution in [0.2, 0.25) is 0 Å². The highest BCUT2D eigenvalue weighted by Gasteiger charge is 2.35. The van der Waals surface area contributed by atoms with E-state index in [9.17, 15) is 4.79 Å². The molecule has 6 nitrogen and oxygen atoms in total. The van der Waals surface area contributed by atoms with E-state index in [1.807, 2.05) is 42.2 Å². The molecule has 1 fully saturated rings. The molecule has 152 valence electrons. The van der Waals surface area contributed by atoms with Gasteiger partial charge in [0.2, 0.25) is 5.91 Å². The summed E-state index contributed by atoms with van der Waals surface area (Å²) in [5.74, 6) is 1.20. The van der Waals surface area contributed by atoms with Crippen molar-refractivity contribution in [1.82, 2.24) is 14.7 Å². The van der Waals surface area contributed by atoms with E-state index in [4.69, 9.17) is 10.5 Å². The van der Waals surface area contributed by atoms with Crippen molar-refractivity contribution < 1.29 is 9.53 Å². The molecule has 2 N–H and O–H groups in total. The van der Waals surface area contributed by atoms with Crippen molar-refractivity contribution in [2.45, 2.75) is 18.8 Å². The monoisotopic (exact) mass is 392 g/mol. The lowest BCUT2D eigenvalue weighted by Crippen LogP contribution is -2.24. The minimum absolute atomic E-state index is 0.233. The van der Waals surface area contributed by atoms with Crippen LogP contribution in [0.5, 0.6) is 5.75 Å². The van der Waals surface area contributed by atoms with Crippen molar-refractivity contribution in [3.05, 3.63) is 60.4 Å². The van der Waals surface area contributed by atoms with Gasteiger partial charge in [0, 0.05) is 50.9 Å². The first-order chi connectivity index (χ1) is 14.1. The zero-order valence-corrected chi connectivity index (χ0v) is 16.8. The smallest absolute Gasteiger partial charge is 0.217 e. The van der Waals surface area contributed by atoms with Gasteiger partial charge >= 0.3 is 0 Å². The second-order valence-electron chi connectivity index (χ2n) is 7.89. The SMILES string of the molecule is Cn1nccc1[C@H]1CN(CCCOc2ccc3ccccc3c2)C[C@H]1CC(N)=O. The molecule has 0 aliphatic carbocycles. The molecule has 3 aromatic rings. The lowest BCUT2D eigenvalue weighted by molar-refractivity contribution is -0.118. The first kappa shape index (κ1) is 19.5. The summed E-state index contributed by atoms with van der Waals surface area (Å²) in [6.07, 6.45) is 3.17. The zero-order valence-electron chi connectivity index (χ0n) is 16.8. The van der Waals surface area contributed by atoms with Crippen LogP contribution in [0.3, 0.4) is 0 Å². The number of primary amides is 1. The first-order valence-corrected chi connectivity index (χ1v) is 10.2. The minimum Gasteiger partial charge on any atom is -0.494 e. The average molecular weight is 393 g/mol. The van der Waals surface area contributed by atoms with E-state index in [1.54, 1.807) is 0 Å². The fraction of sp³-hybridized carbons (Fsp3) is 0.391. The quantitative estimate of drug-likeness (QED) is 0.598. The van der Waals surface area contributed by atoms with E-state index in [0.29, 0.717) is 13.0 Å². The number of amides is 1. The second kappa shape index (κ2) is 8.66. The molecular formula is C23H28N4O2. The number of carbonyl (C=O) groups is 1. The van der Waals surface area contributed by atoms with E-state index in [-0.39, 0.29) is 17.7 Å². The van der Waals surface area contributed by atoms with Gasteiger partial charge in [-0.05, 0) is 41.3 Å². The number of hydrogen-bond donors (Lipinski definition) is 1. The standard InChI is InChI=1S/C23H28N4O2/c1-26-22(9-10-25-26)21-16-27(15-19(21)14-23(24)28)11-4-12-29-20-8-7-17-5-2-3-6-18(17)13-20/h2-3,5-10,13,19,21H,4,11-12,14-16H2,1H3,(H2,24,28)/t19-,21+/m1/s1. The van der Waals surface area contributed by atoms with Gasteiger partial charge in [0.25, 0.3) is 0 Å². The summed E-state index contributed by atoms with van der Waals surface area (Å²) in [7, 11) is 1.96. The summed E-state index contributed by atoms with van der Waals surface area (Å²) >= 11 is 0. The van der Waals surface area contributed by atoms with Crippen molar-refractivity contribution in [3.63, 3.8) is 0 Å². The summed E-state index contributed by atoms with van der Waals surface area (Å²) in [5, 5.41) is 6.71. The van der Waals surface area contributed by atoms with Gasteiger partial charge in [-0.1, -0.05) is 30.3 Å². The van der Waals surface area contributed by atoms with Gasteiger partial charge < -0.3 is 15.4 Å².